The van der Waals surface area contributed by atoms with Crippen LogP contribution in [0.25, 0.3) is 21.8 Å². The van der Waals surface area contributed by atoms with Gasteiger partial charge < -0.3 is 19.4 Å². The molecule has 1 atom stereocenters. The fourth-order valence-electron chi connectivity index (χ4n) is 6.50. The lowest BCUT2D eigenvalue weighted by Crippen LogP contribution is -2.54. The Hall–Kier alpha value is -2.75. The number of piperazine rings is 1. The third-order valence-corrected chi connectivity index (χ3v) is 8.89. The highest BCUT2D eigenvalue weighted by atomic mass is 16.5. The number of H-pyrrole nitrogens is 1. The Kier molecular flexibility index (Phi) is 7.24. The molecule has 3 aliphatic rings. The lowest BCUT2D eigenvalue weighted by atomic mass is 9.96. The second-order valence-corrected chi connectivity index (χ2v) is 11.3. The van der Waals surface area contributed by atoms with E-state index in [1.165, 1.54) is 19.3 Å². The fraction of sp³-hybridized carbons (Fsp3) is 0.621. The SMILES string of the molecule is Cc1cc2[nH]c(=O)c3cnn(C4CCOCC4)c3c2cc1C(=O)N1CCN(CCC2CCOCC2)[C@@H](C)C1. The van der Waals surface area contributed by atoms with Crippen molar-refractivity contribution in [1.29, 1.82) is 0 Å². The van der Waals surface area contributed by atoms with Gasteiger partial charge in [-0.25, -0.2) is 0 Å². The molecule has 0 spiro atoms. The molecule has 0 radical (unpaired) electrons. The summed E-state index contributed by atoms with van der Waals surface area (Å²) in [6.45, 7) is 10.8. The van der Waals surface area contributed by atoms with E-state index in [0.29, 0.717) is 30.2 Å². The summed E-state index contributed by atoms with van der Waals surface area (Å²) in [6, 6.07) is 4.43. The van der Waals surface area contributed by atoms with E-state index in [2.05, 4.69) is 21.9 Å². The number of carbonyl (C=O) groups excluding carboxylic acids is 1. The van der Waals surface area contributed by atoms with Crippen molar-refractivity contribution >= 4 is 27.7 Å². The number of nitrogens with one attached hydrogen (secondary N) is 1. The number of aromatic amines is 1. The molecule has 0 bridgehead atoms. The van der Waals surface area contributed by atoms with Crippen molar-refractivity contribution in [1.82, 2.24) is 24.6 Å². The highest BCUT2D eigenvalue weighted by molar-refractivity contribution is 6.07. The molecule has 5 heterocycles. The lowest BCUT2D eigenvalue weighted by Gasteiger charge is -2.40. The Balaban J connectivity index is 1.25. The number of benzene rings is 1. The molecule has 6 rings (SSSR count). The molecular formula is C29H39N5O4. The number of carbonyl (C=O) groups is 1. The van der Waals surface area contributed by atoms with Crippen molar-refractivity contribution in [2.24, 2.45) is 5.92 Å². The molecule has 2 aromatic heterocycles. The van der Waals surface area contributed by atoms with Gasteiger partial charge in [0.2, 0.25) is 0 Å². The number of rotatable bonds is 5. The summed E-state index contributed by atoms with van der Waals surface area (Å²) in [4.78, 5) is 34.3. The van der Waals surface area contributed by atoms with Gasteiger partial charge in [-0.15, -0.1) is 0 Å². The number of hydrogen-bond donors (Lipinski definition) is 1. The van der Waals surface area contributed by atoms with E-state index >= 15 is 0 Å². The first-order chi connectivity index (χ1) is 18.5. The summed E-state index contributed by atoms with van der Waals surface area (Å²) in [5.74, 6) is 0.825. The minimum atomic E-state index is -0.144. The standard InChI is InChI=1S/C29H39N5O4/c1-19-15-26-24(27-25(28(35)31-26)17-30-34(27)22-6-13-38-14-7-22)16-23(19)29(36)33-10-9-32(20(2)18-33)8-3-21-4-11-37-12-5-21/h15-17,20-22H,3-14,18H2,1-2H3,(H,31,35)/t20-/m0/s1. The second kappa shape index (κ2) is 10.8. The van der Waals surface area contributed by atoms with Crippen LogP contribution in [0.1, 0.15) is 61.0 Å². The summed E-state index contributed by atoms with van der Waals surface area (Å²) < 4.78 is 13.0. The topological polar surface area (TPSA) is 92.7 Å². The first kappa shape index (κ1) is 25.5. The molecule has 1 aromatic carbocycles. The number of amides is 1. The molecule has 1 amide bonds. The minimum Gasteiger partial charge on any atom is -0.381 e. The van der Waals surface area contributed by atoms with E-state index in [1.54, 1.807) is 6.20 Å². The molecule has 3 fully saturated rings. The summed E-state index contributed by atoms with van der Waals surface area (Å²) >= 11 is 0. The summed E-state index contributed by atoms with van der Waals surface area (Å²) in [6.07, 6.45) is 6.92. The van der Waals surface area contributed by atoms with Crippen molar-refractivity contribution in [2.75, 3.05) is 52.6 Å². The molecule has 38 heavy (non-hydrogen) atoms. The van der Waals surface area contributed by atoms with E-state index in [1.807, 2.05) is 28.6 Å². The summed E-state index contributed by atoms with van der Waals surface area (Å²) in [5, 5.41) is 6.06. The van der Waals surface area contributed by atoms with E-state index in [4.69, 9.17) is 9.47 Å². The predicted molar refractivity (Wildman–Crippen MR) is 147 cm³/mol. The molecule has 3 aliphatic heterocycles. The zero-order valence-electron chi connectivity index (χ0n) is 22.6. The maximum Gasteiger partial charge on any atom is 0.259 e. The van der Waals surface area contributed by atoms with Gasteiger partial charge in [-0.1, -0.05) is 0 Å². The number of aromatic nitrogens is 3. The maximum atomic E-state index is 13.8. The Morgan fingerprint density at radius 1 is 1.05 bits per heavy atom. The molecule has 9 nitrogen and oxygen atoms in total. The van der Waals surface area contributed by atoms with Crippen molar-refractivity contribution in [3.8, 4) is 0 Å². The van der Waals surface area contributed by atoms with Gasteiger partial charge in [-0.05, 0) is 76.1 Å². The van der Waals surface area contributed by atoms with Crippen LogP contribution in [0, 0.1) is 12.8 Å². The van der Waals surface area contributed by atoms with Gasteiger partial charge in [-0.3, -0.25) is 19.2 Å². The highest BCUT2D eigenvalue weighted by Crippen LogP contribution is 2.30. The monoisotopic (exact) mass is 521 g/mol. The molecule has 3 aromatic rings. The van der Waals surface area contributed by atoms with Crippen LogP contribution in [-0.4, -0.2) is 89.1 Å². The van der Waals surface area contributed by atoms with Crippen LogP contribution >= 0.6 is 0 Å². The molecule has 0 unspecified atom stereocenters. The highest BCUT2D eigenvalue weighted by Gasteiger charge is 2.29. The van der Waals surface area contributed by atoms with Gasteiger partial charge in [0.25, 0.3) is 11.5 Å². The Morgan fingerprint density at radius 2 is 1.79 bits per heavy atom. The smallest absolute Gasteiger partial charge is 0.259 e. The van der Waals surface area contributed by atoms with E-state index in [0.717, 1.165) is 80.1 Å². The van der Waals surface area contributed by atoms with Gasteiger partial charge >= 0.3 is 0 Å². The Morgan fingerprint density at radius 3 is 2.53 bits per heavy atom. The maximum absolute atomic E-state index is 13.8. The van der Waals surface area contributed by atoms with Crippen LogP contribution < -0.4 is 5.56 Å². The van der Waals surface area contributed by atoms with Crippen molar-refractivity contribution in [3.05, 3.63) is 39.8 Å². The minimum absolute atomic E-state index is 0.0665. The molecular weight excluding hydrogens is 482 g/mol. The van der Waals surface area contributed by atoms with Gasteiger partial charge in [0.05, 0.1) is 28.7 Å². The van der Waals surface area contributed by atoms with Crippen LogP contribution in [-0.2, 0) is 9.47 Å². The Labute approximate surface area is 223 Å². The van der Waals surface area contributed by atoms with Crippen molar-refractivity contribution < 1.29 is 14.3 Å². The van der Waals surface area contributed by atoms with Gasteiger partial charge in [-0.2, -0.15) is 5.10 Å². The molecule has 3 saturated heterocycles. The fourth-order valence-corrected chi connectivity index (χ4v) is 6.50. The molecule has 0 saturated carbocycles. The van der Waals surface area contributed by atoms with Crippen LogP contribution in [0.15, 0.2) is 23.1 Å². The van der Waals surface area contributed by atoms with Gasteiger partial charge in [0.15, 0.2) is 0 Å². The number of pyridine rings is 1. The van der Waals surface area contributed by atoms with E-state index in [9.17, 15) is 9.59 Å². The normalized spacial score (nSPS) is 22.5. The van der Waals surface area contributed by atoms with E-state index in [-0.39, 0.29) is 17.5 Å². The largest absolute Gasteiger partial charge is 0.381 e. The first-order valence-corrected chi connectivity index (χ1v) is 14.2. The second-order valence-electron chi connectivity index (χ2n) is 11.3. The zero-order valence-corrected chi connectivity index (χ0v) is 22.6. The molecule has 0 aliphatic carbocycles. The van der Waals surface area contributed by atoms with Crippen molar-refractivity contribution in [3.63, 3.8) is 0 Å². The van der Waals surface area contributed by atoms with Gasteiger partial charge in [0.1, 0.15) is 0 Å². The number of nitrogens with zero attached hydrogens (tertiary/aromatic N) is 4. The van der Waals surface area contributed by atoms with Crippen molar-refractivity contribution in [2.45, 2.75) is 58.0 Å². The number of aryl methyl sites for hydroxylation is 1. The van der Waals surface area contributed by atoms with Crippen LogP contribution in [0.2, 0.25) is 0 Å². The molecule has 9 heteroatoms. The predicted octanol–water partition coefficient (Wildman–Crippen LogP) is 3.50. The quantitative estimate of drug-likeness (QED) is 0.553. The summed E-state index contributed by atoms with van der Waals surface area (Å²) in [7, 11) is 0. The lowest BCUT2D eigenvalue weighted by molar-refractivity contribution is 0.0403. The summed E-state index contributed by atoms with van der Waals surface area (Å²) in [5.41, 5.74) is 3.00. The van der Waals surface area contributed by atoms with Crippen LogP contribution in [0.4, 0.5) is 0 Å². The third-order valence-electron chi connectivity index (χ3n) is 8.89. The third kappa shape index (κ3) is 4.87. The average molecular weight is 522 g/mol. The number of fused-ring (bicyclic) bond motifs is 3. The first-order valence-electron chi connectivity index (χ1n) is 14.2. The van der Waals surface area contributed by atoms with E-state index < -0.39 is 0 Å². The number of hydrogen-bond acceptors (Lipinski definition) is 6. The number of ether oxygens (including phenoxy) is 2. The van der Waals surface area contributed by atoms with Crippen LogP contribution in [0.3, 0.4) is 0 Å². The van der Waals surface area contributed by atoms with Crippen LogP contribution in [0.5, 0.6) is 0 Å². The van der Waals surface area contributed by atoms with Gasteiger partial charge in [0, 0.05) is 63.1 Å². The Bertz CT molecular complexity index is 1370. The molecule has 1 N–H and O–H groups in total. The average Bonchev–Trinajstić information content (AvgIpc) is 3.39. The zero-order chi connectivity index (χ0) is 26.2. The molecule has 204 valence electrons.